The average Bonchev–Trinajstić information content (AvgIpc) is 2.41. The fourth-order valence-electron chi connectivity index (χ4n) is 1.51. The summed E-state index contributed by atoms with van der Waals surface area (Å²) in [5.74, 6) is -1.11. The molecule has 7 heteroatoms. The van der Waals surface area contributed by atoms with Gasteiger partial charge < -0.3 is 9.47 Å². The molecule has 0 atom stereocenters. The molecule has 0 N–H and O–H groups in total. The van der Waals surface area contributed by atoms with Crippen molar-refractivity contribution in [2.75, 3.05) is 6.61 Å². The quantitative estimate of drug-likeness (QED) is 0.568. The van der Waals surface area contributed by atoms with E-state index in [4.69, 9.17) is 21.1 Å². The van der Waals surface area contributed by atoms with Gasteiger partial charge in [-0.05, 0) is 50.0 Å². The first-order chi connectivity index (χ1) is 10.1. The molecular weight excluding hydrogens is 374 g/mol. The van der Waals surface area contributed by atoms with Crippen LogP contribution in [0.2, 0.25) is 5.15 Å². The Bertz CT molecular complexity index is 596. The van der Waals surface area contributed by atoms with Crippen LogP contribution in [-0.2, 0) is 16.0 Å². The Morgan fingerprint density at radius 1 is 1.27 bits per heavy atom. The molecule has 22 heavy (non-hydrogen) atoms. The lowest BCUT2D eigenvalue weighted by Crippen LogP contribution is -2.27. The molecule has 1 heterocycles. The van der Waals surface area contributed by atoms with Gasteiger partial charge in [-0.15, -0.1) is 0 Å². The average molecular weight is 393 g/mol. The van der Waals surface area contributed by atoms with E-state index < -0.39 is 17.4 Å². The maximum absolute atomic E-state index is 12.2. The molecule has 0 spiro atoms. The van der Waals surface area contributed by atoms with Crippen LogP contribution in [0.5, 0.6) is 5.75 Å². The molecule has 0 aliphatic heterocycles. The number of nitrogens with zero attached hydrogens (tertiary/aromatic N) is 1. The zero-order valence-electron chi connectivity index (χ0n) is 13.3. The van der Waals surface area contributed by atoms with E-state index in [9.17, 15) is 9.59 Å². The molecule has 0 aromatic carbocycles. The highest BCUT2D eigenvalue weighted by atomic mass is 79.9. The van der Waals surface area contributed by atoms with Gasteiger partial charge in [-0.2, -0.15) is 0 Å². The smallest absolute Gasteiger partial charge is 0.345 e. The monoisotopic (exact) mass is 391 g/mol. The highest BCUT2D eigenvalue weighted by molar-refractivity contribution is 9.10. The van der Waals surface area contributed by atoms with E-state index >= 15 is 0 Å². The van der Waals surface area contributed by atoms with Crippen molar-refractivity contribution < 1.29 is 19.1 Å². The highest BCUT2D eigenvalue weighted by Gasteiger charge is 2.30. The van der Waals surface area contributed by atoms with Gasteiger partial charge in [-0.25, -0.2) is 9.78 Å². The van der Waals surface area contributed by atoms with E-state index in [0.29, 0.717) is 16.6 Å². The molecule has 122 valence electrons. The zero-order chi connectivity index (χ0) is 17.1. The molecule has 0 aliphatic carbocycles. The lowest BCUT2D eigenvalue weighted by molar-refractivity contribution is -0.143. The molecule has 0 saturated heterocycles. The van der Waals surface area contributed by atoms with E-state index in [0.717, 1.165) is 0 Å². The van der Waals surface area contributed by atoms with Crippen molar-refractivity contribution >= 4 is 39.5 Å². The van der Waals surface area contributed by atoms with Crippen LogP contribution < -0.4 is 4.74 Å². The summed E-state index contributed by atoms with van der Waals surface area (Å²) in [6.45, 7) is 8.89. The Balaban J connectivity index is 3.46. The normalized spacial score (nSPS) is 11.2. The molecule has 5 nitrogen and oxygen atoms in total. The number of carbonyl (C=O) groups is 2. The first-order valence-corrected chi connectivity index (χ1v) is 8.07. The first-order valence-electron chi connectivity index (χ1n) is 6.90. The number of hydrogen-bond donors (Lipinski definition) is 0. The van der Waals surface area contributed by atoms with E-state index in [1.54, 1.807) is 27.7 Å². The third-order valence-corrected chi connectivity index (χ3v) is 3.83. The maximum atomic E-state index is 12.2. The van der Waals surface area contributed by atoms with Crippen molar-refractivity contribution in [3.8, 4) is 5.75 Å². The second-order valence-corrected chi connectivity index (χ2v) is 6.73. The number of hydrogen-bond acceptors (Lipinski definition) is 5. The topological polar surface area (TPSA) is 65.5 Å². The van der Waals surface area contributed by atoms with Gasteiger partial charge in [0.15, 0.2) is 5.75 Å². The summed E-state index contributed by atoms with van der Waals surface area (Å²) in [6, 6.07) is 0. The molecule has 0 amide bonds. The number of esters is 2. The van der Waals surface area contributed by atoms with E-state index in [2.05, 4.69) is 20.9 Å². The number of pyridine rings is 1. The van der Waals surface area contributed by atoms with Gasteiger partial charge in [0.25, 0.3) is 0 Å². The molecule has 1 aromatic rings. The summed E-state index contributed by atoms with van der Waals surface area (Å²) < 4.78 is 10.8. The Labute approximate surface area is 143 Å². The number of ether oxygens (including phenoxy) is 2. The Kier molecular flexibility index (Phi) is 6.38. The summed E-state index contributed by atoms with van der Waals surface area (Å²) in [4.78, 5) is 28.4. The van der Waals surface area contributed by atoms with Crippen molar-refractivity contribution in [3.63, 3.8) is 0 Å². The van der Waals surface area contributed by atoms with Crippen molar-refractivity contribution in [1.29, 1.82) is 0 Å². The fourth-order valence-corrected chi connectivity index (χ4v) is 2.43. The third-order valence-electron chi connectivity index (χ3n) is 2.74. The van der Waals surface area contributed by atoms with Gasteiger partial charge in [0.2, 0.25) is 0 Å². The Morgan fingerprint density at radius 2 is 1.86 bits per heavy atom. The number of aryl methyl sites for hydroxylation is 1. The van der Waals surface area contributed by atoms with Crippen molar-refractivity contribution in [3.05, 3.63) is 20.9 Å². The fraction of sp³-hybridized carbons (Fsp3) is 0.533. The van der Waals surface area contributed by atoms with Gasteiger partial charge in [0.05, 0.1) is 22.2 Å². The second-order valence-electron chi connectivity index (χ2n) is 5.58. The standard InChI is InChI=1S/C15H19BrClNO4/c1-6-8-10(16)11(22-14(20)15(3,4)5)9(12(17)18-8)13(19)21-7-2/h6-7H2,1-5H3. The van der Waals surface area contributed by atoms with Crippen LogP contribution in [0.3, 0.4) is 0 Å². The van der Waals surface area contributed by atoms with Crippen LogP contribution in [0.25, 0.3) is 0 Å². The van der Waals surface area contributed by atoms with Gasteiger partial charge >= 0.3 is 11.9 Å². The van der Waals surface area contributed by atoms with Crippen LogP contribution in [0, 0.1) is 5.41 Å². The minimum absolute atomic E-state index is 0.0461. The zero-order valence-corrected chi connectivity index (χ0v) is 15.6. The second kappa shape index (κ2) is 7.42. The van der Waals surface area contributed by atoms with E-state index in [-0.39, 0.29) is 23.1 Å². The molecule has 0 radical (unpaired) electrons. The predicted octanol–water partition coefficient (Wildman–Crippen LogP) is 4.19. The van der Waals surface area contributed by atoms with Gasteiger partial charge in [0.1, 0.15) is 10.7 Å². The summed E-state index contributed by atoms with van der Waals surface area (Å²) in [6.07, 6.45) is 0.559. The molecule has 0 fully saturated rings. The summed E-state index contributed by atoms with van der Waals surface area (Å²) in [5.41, 5.74) is -0.187. The lowest BCUT2D eigenvalue weighted by Gasteiger charge is -2.20. The van der Waals surface area contributed by atoms with Crippen molar-refractivity contribution in [2.24, 2.45) is 5.41 Å². The van der Waals surface area contributed by atoms with Crippen molar-refractivity contribution in [2.45, 2.75) is 41.0 Å². The largest absolute Gasteiger partial charge is 0.462 e. The molecule has 0 saturated carbocycles. The van der Waals surface area contributed by atoms with Crippen LogP contribution in [0.4, 0.5) is 0 Å². The van der Waals surface area contributed by atoms with Crippen LogP contribution in [0.1, 0.15) is 50.7 Å². The van der Waals surface area contributed by atoms with Gasteiger partial charge in [-0.1, -0.05) is 18.5 Å². The van der Waals surface area contributed by atoms with Crippen LogP contribution >= 0.6 is 27.5 Å². The Morgan fingerprint density at radius 3 is 2.32 bits per heavy atom. The lowest BCUT2D eigenvalue weighted by atomic mass is 9.97. The van der Waals surface area contributed by atoms with Gasteiger partial charge in [0, 0.05) is 0 Å². The molecule has 0 bridgehead atoms. The van der Waals surface area contributed by atoms with E-state index in [1.807, 2.05) is 6.92 Å². The summed E-state index contributed by atoms with van der Waals surface area (Å²) in [5, 5.41) is -0.0461. The third kappa shape index (κ3) is 4.20. The maximum Gasteiger partial charge on any atom is 0.345 e. The number of halogens is 2. The van der Waals surface area contributed by atoms with Gasteiger partial charge in [-0.3, -0.25) is 4.79 Å². The number of carbonyl (C=O) groups excluding carboxylic acids is 2. The predicted molar refractivity (Wildman–Crippen MR) is 87.4 cm³/mol. The number of aromatic nitrogens is 1. The SMILES string of the molecule is CCOC(=O)c1c(Cl)nc(CC)c(Br)c1OC(=O)C(C)(C)C. The number of rotatable bonds is 4. The molecule has 1 aromatic heterocycles. The minimum Gasteiger partial charge on any atom is -0.462 e. The molecule has 0 aliphatic rings. The van der Waals surface area contributed by atoms with E-state index in [1.165, 1.54) is 0 Å². The van der Waals surface area contributed by atoms with Crippen LogP contribution in [0.15, 0.2) is 4.47 Å². The van der Waals surface area contributed by atoms with Crippen molar-refractivity contribution in [1.82, 2.24) is 4.98 Å². The highest BCUT2D eigenvalue weighted by Crippen LogP contribution is 2.37. The molecular formula is C15H19BrClNO4. The minimum atomic E-state index is -0.729. The Hall–Kier alpha value is -1.14. The molecule has 1 rings (SSSR count). The molecule has 0 unspecified atom stereocenters. The first kappa shape index (κ1) is 18.9. The summed E-state index contributed by atoms with van der Waals surface area (Å²) >= 11 is 9.42. The summed E-state index contributed by atoms with van der Waals surface area (Å²) in [7, 11) is 0. The van der Waals surface area contributed by atoms with Crippen LogP contribution in [-0.4, -0.2) is 23.5 Å².